The lowest BCUT2D eigenvalue weighted by Gasteiger charge is -2.06. The minimum atomic E-state index is -1.22. The van der Waals surface area contributed by atoms with Gasteiger partial charge >= 0.3 is 0 Å². The Morgan fingerprint density at radius 1 is 0.812 bits per heavy atom. The van der Waals surface area contributed by atoms with E-state index < -0.39 is 17.3 Å². The molecule has 0 saturated heterocycles. The Morgan fingerprint density at radius 2 is 1.50 bits per heavy atom. The van der Waals surface area contributed by atoms with Crippen LogP contribution in [0.1, 0.15) is 0 Å². The lowest BCUT2D eigenvalue weighted by Crippen LogP contribution is -1.95. The minimum Gasteiger partial charge on any atom is -0.221 e. The van der Waals surface area contributed by atoms with Crippen LogP contribution in [0, 0.1) is 11.6 Å². The van der Waals surface area contributed by atoms with Crippen molar-refractivity contribution in [3.63, 3.8) is 0 Å². The van der Waals surface area contributed by atoms with E-state index >= 15 is 0 Å². The van der Waals surface area contributed by atoms with Crippen molar-refractivity contribution in [1.82, 2.24) is 0 Å². The topological polar surface area (TPSA) is 12.0 Å². The molecule has 0 atom stereocenters. The smallest absolute Gasteiger partial charge is 0.185 e. The van der Waals surface area contributed by atoms with Gasteiger partial charge in [0.05, 0.1) is 0 Å². The van der Waals surface area contributed by atoms with Crippen LogP contribution in [-0.4, -0.2) is 0 Å². The van der Waals surface area contributed by atoms with Crippen molar-refractivity contribution in [2.75, 3.05) is 5.54 Å². The van der Waals surface area contributed by atoms with E-state index in [4.69, 9.17) is 0 Å². The fourth-order valence-electron chi connectivity index (χ4n) is 1.46. The third kappa shape index (κ3) is 1.74. The average Bonchev–Trinajstić information content (AvgIpc) is 2.34. The van der Waals surface area contributed by atoms with Gasteiger partial charge in [-0.3, -0.25) is 0 Å². The van der Waals surface area contributed by atoms with Crippen LogP contribution in [0.3, 0.4) is 0 Å². The predicted octanol–water partition coefficient (Wildman–Crippen LogP) is 3.93. The second-order valence-corrected chi connectivity index (χ2v) is 3.25. The van der Waals surface area contributed by atoms with Gasteiger partial charge in [0, 0.05) is 5.56 Å². The van der Waals surface area contributed by atoms with Crippen LogP contribution in [0.2, 0.25) is 0 Å². The Labute approximate surface area is 90.5 Å². The van der Waals surface area contributed by atoms with E-state index in [1.807, 2.05) is 0 Å². The Hall–Kier alpha value is -1.97. The Kier molecular flexibility index (Phi) is 2.81. The molecule has 0 fully saturated rings. The van der Waals surface area contributed by atoms with Gasteiger partial charge in [-0.25, -0.2) is 14.3 Å². The molecule has 16 heavy (non-hydrogen) atoms. The van der Waals surface area contributed by atoms with Gasteiger partial charge in [0.25, 0.3) is 0 Å². The van der Waals surface area contributed by atoms with Crippen molar-refractivity contribution in [2.24, 2.45) is 0 Å². The van der Waals surface area contributed by atoms with Crippen LogP contribution in [0.25, 0.3) is 11.1 Å². The molecule has 1 nitrogen and oxygen atoms in total. The Bertz CT molecular complexity index is 497. The molecule has 2 aromatic rings. The van der Waals surface area contributed by atoms with Gasteiger partial charge in [0.15, 0.2) is 11.6 Å². The van der Waals surface area contributed by atoms with E-state index in [1.54, 1.807) is 30.3 Å². The molecule has 0 unspecified atom stereocenters. The molecule has 0 saturated carbocycles. The fourth-order valence-corrected chi connectivity index (χ4v) is 1.46. The largest absolute Gasteiger partial charge is 0.221 e. The van der Waals surface area contributed by atoms with Crippen LogP contribution < -0.4 is 5.54 Å². The van der Waals surface area contributed by atoms with Crippen molar-refractivity contribution in [3.8, 4) is 11.1 Å². The van der Waals surface area contributed by atoms with Gasteiger partial charge in [-0.05, 0) is 17.7 Å². The van der Waals surface area contributed by atoms with Crippen molar-refractivity contribution >= 4 is 5.69 Å². The summed E-state index contributed by atoms with van der Waals surface area (Å²) in [5, 5.41) is 0. The Balaban J connectivity index is 2.56. The molecule has 0 aliphatic rings. The van der Waals surface area contributed by atoms with Crippen molar-refractivity contribution in [3.05, 3.63) is 54.1 Å². The number of hydrogen-bond acceptors (Lipinski definition) is 1. The molecule has 0 aliphatic heterocycles. The third-order valence-corrected chi connectivity index (χ3v) is 2.27. The maximum atomic E-state index is 13.6. The van der Waals surface area contributed by atoms with E-state index in [1.165, 1.54) is 6.07 Å². The highest BCUT2D eigenvalue weighted by Gasteiger charge is 2.14. The minimum absolute atomic E-state index is 0.108. The molecule has 0 amide bonds. The fraction of sp³-hybridized carbons (Fsp3) is 0. The quantitative estimate of drug-likeness (QED) is 0.760. The summed E-state index contributed by atoms with van der Waals surface area (Å²) in [4.78, 5) is 0. The van der Waals surface area contributed by atoms with Crippen LogP contribution in [-0.2, 0) is 0 Å². The van der Waals surface area contributed by atoms with Gasteiger partial charge in [-0.15, -0.1) is 4.48 Å². The first-order chi connectivity index (χ1) is 7.74. The van der Waals surface area contributed by atoms with Gasteiger partial charge in [-0.1, -0.05) is 30.3 Å². The van der Waals surface area contributed by atoms with Crippen molar-refractivity contribution in [2.45, 2.75) is 0 Å². The number of nitrogens with one attached hydrogen (secondary N) is 1. The highest BCUT2D eigenvalue weighted by molar-refractivity contribution is 5.67. The third-order valence-electron chi connectivity index (χ3n) is 2.27. The maximum Gasteiger partial charge on any atom is 0.185 e. The van der Waals surface area contributed by atoms with Crippen molar-refractivity contribution in [1.29, 1.82) is 0 Å². The summed E-state index contributed by atoms with van der Waals surface area (Å²) in [5.74, 6) is -2.28. The molecule has 2 rings (SSSR count). The maximum absolute atomic E-state index is 13.6. The lowest BCUT2D eigenvalue weighted by atomic mass is 10.0. The van der Waals surface area contributed by atoms with E-state index in [-0.39, 0.29) is 5.56 Å². The number of anilines is 1. The molecule has 0 spiro atoms. The second kappa shape index (κ2) is 4.26. The molecule has 0 aliphatic carbocycles. The first-order valence-corrected chi connectivity index (χ1v) is 4.64. The van der Waals surface area contributed by atoms with Gasteiger partial charge in [0.1, 0.15) is 5.69 Å². The summed E-state index contributed by atoms with van der Waals surface area (Å²) >= 11 is 0. The standard InChI is InChI=1S/C12H8F3N/c13-11-9(8-4-2-1-3-5-8)6-7-10(16-15)12(11)14/h1-7,16H. The highest BCUT2D eigenvalue weighted by Crippen LogP contribution is 2.28. The number of halogens is 3. The molecule has 1 N–H and O–H groups in total. The molecule has 0 heterocycles. The van der Waals surface area contributed by atoms with Gasteiger partial charge in [0.2, 0.25) is 0 Å². The van der Waals surface area contributed by atoms with Crippen LogP contribution in [0.15, 0.2) is 42.5 Å². The summed E-state index contributed by atoms with van der Waals surface area (Å²) < 4.78 is 38.9. The molecule has 0 aromatic heterocycles. The first kappa shape index (κ1) is 10.5. The molecular formula is C12H8F3N. The summed E-state index contributed by atoms with van der Waals surface area (Å²) in [6.07, 6.45) is 0. The molecule has 2 aromatic carbocycles. The van der Waals surface area contributed by atoms with Crippen LogP contribution in [0.5, 0.6) is 0 Å². The molecule has 4 heteroatoms. The van der Waals surface area contributed by atoms with E-state index in [0.29, 0.717) is 5.56 Å². The Morgan fingerprint density at radius 3 is 2.12 bits per heavy atom. The van der Waals surface area contributed by atoms with E-state index in [2.05, 4.69) is 0 Å². The zero-order chi connectivity index (χ0) is 11.5. The number of hydrogen-bond donors (Lipinski definition) is 1. The summed E-state index contributed by atoms with van der Waals surface area (Å²) in [6, 6.07) is 11.0. The number of rotatable bonds is 2. The average molecular weight is 223 g/mol. The normalized spacial score (nSPS) is 10.2. The predicted molar refractivity (Wildman–Crippen MR) is 56.5 cm³/mol. The first-order valence-electron chi connectivity index (χ1n) is 4.64. The monoisotopic (exact) mass is 223 g/mol. The molecular weight excluding hydrogens is 215 g/mol. The summed E-state index contributed by atoms with van der Waals surface area (Å²) in [7, 11) is 0. The zero-order valence-corrected chi connectivity index (χ0v) is 8.18. The summed E-state index contributed by atoms with van der Waals surface area (Å²) in [5.41, 5.74) is 1.25. The summed E-state index contributed by atoms with van der Waals surface area (Å²) in [6.45, 7) is 0. The van der Waals surface area contributed by atoms with E-state index in [0.717, 1.165) is 11.6 Å². The SMILES string of the molecule is FNc1ccc(-c2ccccc2)c(F)c1F. The molecule has 82 valence electrons. The number of benzene rings is 2. The van der Waals surface area contributed by atoms with E-state index in [9.17, 15) is 13.3 Å². The highest BCUT2D eigenvalue weighted by atomic mass is 19.2. The van der Waals surface area contributed by atoms with Crippen molar-refractivity contribution < 1.29 is 13.3 Å². The lowest BCUT2D eigenvalue weighted by molar-refractivity contribution is 0.503. The van der Waals surface area contributed by atoms with Gasteiger partial charge < -0.3 is 0 Å². The van der Waals surface area contributed by atoms with Crippen LogP contribution in [0.4, 0.5) is 18.9 Å². The second-order valence-electron chi connectivity index (χ2n) is 3.25. The molecule has 0 bridgehead atoms. The van der Waals surface area contributed by atoms with Gasteiger partial charge in [-0.2, -0.15) is 0 Å². The zero-order valence-electron chi connectivity index (χ0n) is 8.18. The van der Waals surface area contributed by atoms with Crippen LogP contribution >= 0.6 is 0 Å². The molecule has 0 radical (unpaired) electrons.